The monoisotopic (exact) mass is 188 g/mol. The van der Waals surface area contributed by atoms with E-state index in [4.69, 9.17) is 0 Å². The molecule has 2 rings (SSSR count). The molecule has 0 aliphatic rings. The van der Waals surface area contributed by atoms with Crippen LogP contribution in [0.1, 0.15) is 18.4 Å². The number of nitrogens with zero attached hydrogens (tertiary/aromatic N) is 2. The molecule has 0 aliphatic carbocycles. The maximum Gasteiger partial charge on any atom is 0.120 e. The van der Waals surface area contributed by atoms with Crippen LogP contribution in [-0.4, -0.2) is 15.9 Å². The second kappa shape index (κ2) is 4.05. The van der Waals surface area contributed by atoms with Gasteiger partial charge in [-0.25, -0.2) is 4.52 Å². The molecule has 0 radical (unpaired) electrons. The molecule has 0 spiro atoms. The molecule has 0 amide bonds. The summed E-state index contributed by atoms with van der Waals surface area (Å²) in [7, 11) is 0. The van der Waals surface area contributed by atoms with Gasteiger partial charge in [0.05, 0.1) is 11.7 Å². The standard InChI is InChI=1S/C11H12N2O/c14-8-4-2-5-10-9-12-13-7-3-1-6-11(10)13/h1,3,6-9H,2,4-5H2. The number of pyridine rings is 1. The van der Waals surface area contributed by atoms with Crippen molar-refractivity contribution in [2.45, 2.75) is 19.3 Å². The van der Waals surface area contributed by atoms with Crippen molar-refractivity contribution >= 4 is 11.8 Å². The number of hydrogen-bond donors (Lipinski definition) is 0. The highest BCUT2D eigenvalue weighted by atomic mass is 16.1. The number of unbranched alkanes of at least 4 members (excludes halogenated alkanes) is 1. The number of aldehydes is 1. The van der Waals surface area contributed by atoms with Gasteiger partial charge in [-0.2, -0.15) is 5.10 Å². The highest BCUT2D eigenvalue weighted by Crippen LogP contribution is 2.12. The first kappa shape index (κ1) is 8.94. The maximum atomic E-state index is 10.2. The van der Waals surface area contributed by atoms with Crippen LogP contribution >= 0.6 is 0 Å². The molecular formula is C11H12N2O. The predicted molar refractivity (Wildman–Crippen MR) is 54.2 cm³/mol. The topological polar surface area (TPSA) is 34.4 Å². The lowest BCUT2D eigenvalue weighted by molar-refractivity contribution is -0.107. The maximum absolute atomic E-state index is 10.2. The highest BCUT2D eigenvalue weighted by Gasteiger charge is 2.01. The molecule has 0 saturated heterocycles. The van der Waals surface area contributed by atoms with Crippen molar-refractivity contribution in [1.82, 2.24) is 9.61 Å². The summed E-state index contributed by atoms with van der Waals surface area (Å²) in [6.45, 7) is 0. The Kier molecular flexibility index (Phi) is 2.58. The molecular weight excluding hydrogens is 176 g/mol. The van der Waals surface area contributed by atoms with E-state index in [1.807, 2.05) is 35.1 Å². The van der Waals surface area contributed by atoms with Gasteiger partial charge in [0.15, 0.2) is 0 Å². The molecule has 0 fully saturated rings. The molecule has 0 atom stereocenters. The molecule has 0 aromatic carbocycles. The van der Waals surface area contributed by atoms with E-state index in [-0.39, 0.29) is 0 Å². The van der Waals surface area contributed by atoms with Crippen molar-refractivity contribution in [2.75, 3.05) is 0 Å². The molecule has 0 aliphatic heterocycles. The van der Waals surface area contributed by atoms with Crippen molar-refractivity contribution in [3.05, 3.63) is 36.2 Å². The van der Waals surface area contributed by atoms with Gasteiger partial charge in [0, 0.05) is 12.6 Å². The van der Waals surface area contributed by atoms with Crippen LogP contribution in [0.25, 0.3) is 5.52 Å². The van der Waals surface area contributed by atoms with Crippen molar-refractivity contribution in [3.63, 3.8) is 0 Å². The summed E-state index contributed by atoms with van der Waals surface area (Å²) in [6, 6.07) is 6.00. The van der Waals surface area contributed by atoms with Crippen molar-refractivity contribution in [2.24, 2.45) is 0 Å². The first-order chi connectivity index (χ1) is 6.92. The summed E-state index contributed by atoms with van der Waals surface area (Å²) >= 11 is 0. The van der Waals surface area contributed by atoms with Crippen molar-refractivity contribution in [1.29, 1.82) is 0 Å². The fourth-order valence-electron chi connectivity index (χ4n) is 1.56. The normalized spacial score (nSPS) is 10.6. The van der Waals surface area contributed by atoms with Crippen LogP contribution in [0, 0.1) is 0 Å². The number of fused-ring (bicyclic) bond motifs is 1. The van der Waals surface area contributed by atoms with E-state index >= 15 is 0 Å². The molecule has 3 heteroatoms. The zero-order chi connectivity index (χ0) is 9.80. The molecule has 72 valence electrons. The van der Waals surface area contributed by atoms with Gasteiger partial charge in [-0.3, -0.25) is 0 Å². The van der Waals surface area contributed by atoms with Crippen LogP contribution in [0.15, 0.2) is 30.6 Å². The average molecular weight is 188 g/mol. The van der Waals surface area contributed by atoms with E-state index in [2.05, 4.69) is 5.10 Å². The zero-order valence-electron chi connectivity index (χ0n) is 7.89. The summed E-state index contributed by atoms with van der Waals surface area (Å²) in [5.74, 6) is 0. The Balaban J connectivity index is 2.20. The van der Waals surface area contributed by atoms with Gasteiger partial charge in [0.1, 0.15) is 6.29 Å². The third kappa shape index (κ3) is 1.66. The Hall–Kier alpha value is -1.64. The Morgan fingerprint density at radius 2 is 2.36 bits per heavy atom. The minimum absolute atomic E-state index is 0.629. The van der Waals surface area contributed by atoms with E-state index in [1.165, 1.54) is 5.56 Å². The summed E-state index contributed by atoms with van der Waals surface area (Å²) in [4.78, 5) is 10.2. The fraction of sp³-hybridized carbons (Fsp3) is 0.273. The van der Waals surface area contributed by atoms with E-state index in [1.54, 1.807) is 0 Å². The number of aryl methyl sites for hydroxylation is 1. The van der Waals surface area contributed by atoms with Crippen LogP contribution in [0.3, 0.4) is 0 Å². The lowest BCUT2D eigenvalue weighted by Gasteiger charge is -1.95. The van der Waals surface area contributed by atoms with Gasteiger partial charge in [0.25, 0.3) is 0 Å². The van der Waals surface area contributed by atoms with Crippen LogP contribution in [0.2, 0.25) is 0 Å². The Labute approximate surface area is 82.4 Å². The Morgan fingerprint density at radius 1 is 1.43 bits per heavy atom. The number of aromatic nitrogens is 2. The van der Waals surface area contributed by atoms with Gasteiger partial charge in [-0.15, -0.1) is 0 Å². The molecule has 2 heterocycles. The molecule has 3 nitrogen and oxygen atoms in total. The van der Waals surface area contributed by atoms with Gasteiger partial charge in [-0.05, 0) is 30.5 Å². The molecule has 0 bridgehead atoms. The zero-order valence-corrected chi connectivity index (χ0v) is 7.89. The molecule has 2 aromatic heterocycles. The third-order valence-corrected chi connectivity index (χ3v) is 2.27. The molecule has 0 saturated carbocycles. The molecule has 0 N–H and O–H groups in total. The number of carbonyl (C=O) groups excluding carboxylic acids is 1. The van der Waals surface area contributed by atoms with E-state index < -0.39 is 0 Å². The highest BCUT2D eigenvalue weighted by molar-refractivity contribution is 5.54. The minimum atomic E-state index is 0.629. The molecule has 0 unspecified atom stereocenters. The summed E-state index contributed by atoms with van der Waals surface area (Å²) in [5, 5.41) is 4.23. The number of rotatable bonds is 4. The second-order valence-corrected chi connectivity index (χ2v) is 3.26. The SMILES string of the molecule is O=CCCCc1cnn2ccccc12. The quantitative estimate of drug-likeness (QED) is 0.542. The predicted octanol–water partition coefficient (Wildman–Crippen LogP) is 1.86. The van der Waals surface area contributed by atoms with Crippen molar-refractivity contribution in [3.8, 4) is 0 Å². The molecule has 2 aromatic rings. The van der Waals surface area contributed by atoms with Crippen molar-refractivity contribution < 1.29 is 4.79 Å². The van der Waals surface area contributed by atoms with Crippen LogP contribution in [0.4, 0.5) is 0 Å². The van der Waals surface area contributed by atoms with Gasteiger partial charge in [0.2, 0.25) is 0 Å². The molecule has 14 heavy (non-hydrogen) atoms. The lowest BCUT2D eigenvalue weighted by atomic mass is 10.1. The summed E-state index contributed by atoms with van der Waals surface area (Å²) in [6.07, 6.45) is 7.22. The van der Waals surface area contributed by atoms with Gasteiger partial charge in [-0.1, -0.05) is 6.07 Å². The Morgan fingerprint density at radius 3 is 3.21 bits per heavy atom. The smallest absolute Gasteiger partial charge is 0.120 e. The fourth-order valence-corrected chi connectivity index (χ4v) is 1.56. The third-order valence-electron chi connectivity index (χ3n) is 2.27. The van der Waals surface area contributed by atoms with Crippen LogP contribution in [0.5, 0.6) is 0 Å². The van der Waals surface area contributed by atoms with E-state index in [9.17, 15) is 4.79 Å². The minimum Gasteiger partial charge on any atom is -0.303 e. The average Bonchev–Trinajstić information content (AvgIpc) is 2.63. The van der Waals surface area contributed by atoms with E-state index in [0.717, 1.165) is 24.6 Å². The first-order valence-corrected chi connectivity index (χ1v) is 4.76. The van der Waals surface area contributed by atoms with Gasteiger partial charge < -0.3 is 4.79 Å². The van der Waals surface area contributed by atoms with Crippen LogP contribution < -0.4 is 0 Å². The second-order valence-electron chi connectivity index (χ2n) is 3.26. The summed E-state index contributed by atoms with van der Waals surface area (Å²) in [5.41, 5.74) is 2.35. The Bertz CT molecular complexity index is 434. The lowest BCUT2D eigenvalue weighted by Crippen LogP contribution is -1.87. The van der Waals surface area contributed by atoms with E-state index in [0.29, 0.717) is 6.42 Å². The summed E-state index contributed by atoms with van der Waals surface area (Å²) < 4.78 is 1.86. The largest absolute Gasteiger partial charge is 0.303 e. The van der Waals surface area contributed by atoms with Crippen LogP contribution in [-0.2, 0) is 11.2 Å². The van der Waals surface area contributed by atoms with Gasteiger partial charge >= 0.3 is 0 Å². The number of carbonyl (C=O) groups is 1. The first-order valence-electron chi connectivity index (χ1n) is 4.76. The number of hydrogen-bond acceptors (Lipinski definition) is 2.